The van der Waals surface area contributed by atoms with Gasteiger partial charge in [0.05, 0.1) is 20.3 Å². The molecule has 0 radical (unpaired) electrons. The summed E-state index contributed by atoms with van der Waals surface area (Å²) in [5, 5.41) is 0. The van der Waals surface area contributed by atoms with E-state index < -0.39 is 0 Å². The number of nitrogens with zero attached hydrogens (tertiary/aromatic N) is 1. The maximum atomic E-state index is 5.76. The zero-order chi connectivity index (χ0) is 15.4. The van der Waals surface area contributed by atoms with Crippen molar-refractivity contribution in [1.29, 1.82) is 0 Å². The van der Waals surface area contributed by atoms with Gasteiger partial charge in [-0.1, -0.05) is 0 Å². The van der Waals surface area contributed by atoms with Gasteiger partial charge in [0.1, 0.15) is 16.0 Å². The predicted octanol–water partition coefficient (Wildman–Crippen LogP) is 2.72. The van der Waals surface area contributed by atoms with E-state index in [2.05, 4.69) is 26.3 Å². The van der Waals surface area contributed by atoms with Crippen molar-refractivity contribution in [2.24, 2.45) is 5.84 Å². The molecule has 0 fully saturated rings. The summed E-state index contributed by atoms with van der Waals surface area (Å²) in [4.78, 5) is 4.21. The van der Waals surface area contributed by atoms with E-state index in [1.54, 1.807) is 20.4 Å². The largest absolute Gasteiger partial charge is 0.495 e. The standard InChI is InChI=1S/C15H18BrN3O2/c1-9-8-10(6-7-18-9)14(19-17)11-4-5-12(20-2)13(16)15(11)21-3/h4-8,14,19H,17H2,1-3H3. The first-order chi connectivity index (χ1) is 10.1. The van der Waals surface area contributed by atoms with Crippen LogP contribution in [-0.2, 0) is 0 Å². The lowest BCUT2D eigenvalue weighted by Gasteiger charge is -2.21. The first-order valence-electron chi connectivity index (χ1n) is 6.41. The normalized spacial score (nSPS) is 12.0. The van der Waals surface area contributed by atoms with Crippen molar-refractivity contribution in [3.8, 4) is 11.5 Å². The highest BCUT2D eigenvalue weighted by molar-refractivity contribution is 9.10. The number of rotatable bonds is 5. The number of ether oxygens (including phenoxy) is 2. The molecule has 2 aromatic rings. The Labute approximate surface area is 132 Å². The van der Waals surface area contributed by atoms with Crippen molar-refractivity contribution < 1.29 is 9.47 Å². The van der Waals surface area contributed by atoms with Crippen LogP contribution in [0.5, 0.6) is 11.5 Å². The second-order valence-corrected chi connectivity index (χ2v) is 5.33. The third-order valence-electron chi connectivity index (χ3n) is 3.25. The fourth-order valence-corrected chi connectivity index (χ4v) is 2.94. The minimum Gasteiger partial charge on any atom is -0.495 e. The van der Waals surface area contributed by atoms with Crippen LogP contribution >= 0.6 is 15.9 Å². The first kappa shape index (κ1) is 15.8. The highest BCUT2D eigenvalue weighted by Gasteiger charge is 2.21. The highest BCUT2D eigenvalue weighted by Crippen LogP contribution is 2.41. The molecule has 6 heteroatoms. The molecule has 2 rings (SSSR count). The van der Waals surface area contributed by atoms with Gasteiger partial charge in [-0.3, -0.25) is 10.8 Å². The molecule has 0 bridgehead atoms. The lowest BCUT2D eigenvalue weighted by molar-refractivity contribution is 0.383. The zero-order valence-electron chi connectivity index (χ0n) is 12.2. The van der Waals surface area contributed by atoms with Gasteiger partial charge in [-0.05, 0) is 52.7 Å². The van der Waals surface area contributed by atoms with Crippen molar-refractivity contribution in [1.82, 2.24) is 10.4 Å². The molecule has 1 atom stereocenters. The summed E-state index contributed by atoms with van der Waals surface area (Å²) in [6, 6.07) is 7.52. The van der Waals surface area contributed by atoms with E-state index >= 15 is 0 Å². The molecule has 1 aromatic heterocycles. The minimum absolute atomic E-state index is 0.205. The molecule has 0 aliphatic heterocycles. The molecule has 1 unspecified atom stereocenters. The van der Waals surface area contributed by atoms with Gasteiger partial charge in [-0.2, -0.15) is 0 Å². The third-order valence-corrected chi connectivity index (χ3v) is 4.00. The second-order valence-electron chi connectivity index (χ2n) is 4.53. The molecule has 0 aliphatic rings. The molecule has 0 spiro atoms. The predicted molar refractivity (Wildman–Crippen MR) is 85.4 cm³/mol. The molecule has 1 heterocycles. The molecule has 1 aromatic carbocycles. The summed E-state index contributed by atoms with van der Waals surface area (Å²) in [5.41, 5.74) is 5.69. The van der Waals surface area contributed by atoms with E-state index in [0.717, 1.165) is 21.3 Å². The Kier molecular flexibility index (Phi) is 5.17. The molecule has 0 amide bonds. The van der Waals surface area contributed by atoms with Gasteiger partial charge in [0.15, 0.2) is 0 Å². The molecular weight excluding hydrogens is 334 g/mol. The fourth-order valence-electron chi connectivity index (χ4n) is 2.26. The molecule has 5 nitrogen and oxygen atoms in total. The topological polar surface area (TPSA) is 69.4 Å². The Hall–Kier alpha value is -1.63. The van der Waals surface area contributed by atoms with Crippen LogP contribution in [0, 0.1) is 6.92 Å². The van der Waals surface area contributed by atoms with Crippen molar-refractivity contribution in [2.75, 3.05) is 14.2 Å². The number of benzene rings is 1. The van der Waals surface area contributed by atoms with Crippen LogP contribution in [0.1, 0.15) is 22.9 Å². The number of nitrogens with two attached hydrogens (primary N) is 1. The van der Waals surface area contributed by atoms with Crippen molar-refractivity contribution in [3.63, 3.8) is 0 Å². The zero-order valence-corrected chi connectivity index (χ0v) is 13.8. The summed E-state index contributed by atoms with van der Waals surface area (Å²) in [6.07, 6.45) is 1.76. The Balaban J connectivity index is 2.55. The number of nitrogens with one attached hydrogen (secondary N) is 1. The number of halogens is 1. The van der Waals surface area contributed by atoms with Crippen LogP contribution in [0.25, 0.3) is 0 Å². The van der Waals surface area contributed by atoms with Crippen LogP contribution in [-0.4, -0.2) is 19.2 Å². The van der Waals surface area contributed by atoms with Crippen LogP contribution < -0.4 is 20.7 Å². The van der Waals surface area contributed by atoms with Gasteiger partial charge >= 0.3 is 0 Å². The summed E-state index contributed by atoms with van der Waals surface area (Å²) in [5.74, 6) is 7.15. The molecule has 0 saturated carbocycles. The summed E-state index contributed by atoms with van der Waals surface area (Å²) in [7, 11) is 3.23. The summed E-state index contributed by atoms with van der Waals surface area (Å²) in [6.45, 7) is 1.94. The van der Waals surface area contributed by atoms with Gasteiger partial charge in [-0.25, -0.2) is 5.43 Å². The average molecular weight is 352 g/mol. The Morgan fingerprint density at radius 1 is 1.24 bits per heavy atom. The third kappa shape index (κ3) is 3.18. The van der Waals surface area contributed by atoms with Crippen LogP contribution in [0.15, 0.2) is 34.9 Å². The number of aryl methyl sites for hydroxylation is 1. The van der Waals surface area contributed by atoms with Crippen LogP contribution in [0.3, 0.4) is 0 Å². The quantitative estimate of drug-likeness (QED) is 0.640. The molecule has 112 valence electrons. The number of hydrogen-bond donors (Lipinski definition) is 2. The average Bonchev–Trinajstić information content (AvgIpc) is 2.48. The Morgan fingerprint density at radius 2 is 2.00 bits per heavy atom. The van der Waals surface area contributed by atoms with E-state index in [1.807, 2.05) is 31.2 Å². The maximum absolute atomic E-state index is 5.76. The number of methoxy groups -OCH3 is 2. The van der Waals surface area contributed by atoms with Gasteiger partial charge in [0.2, 0.25) is 0 Å². The lowest BCUT2D eigenvalue weighted by Crippen LogP contribution is -2.29. The van der Waals surface area contributed by atoms with Gasteiger partial charge in [0, 0.05) is 17.5 Å². The molecular formula is C15H18BrN3O2. The van der Waals surface area contributed by atoms with E-state index in [1.165, 1.54) is 0 Å². The molecule has 3 N–H and O–H groups in total. The Bertz CT molecular complexity index is 634. The monoisotopic (exact) mass is 351 g/mol. The number of aromatic nitrogens is 1. The van der Waals surface area contributed by atoms with E-state index in [4.69, 9.17) is 15.3 Å². The van der Waals surface area contributed by atoms with Gasteiger partial charge < -0.3 is 9.47 Å². The summed E-state index contributed by atoms with van der Waals surface area (Å²) < 4.78 is 11.6. The van der Waals surface area contributed by atoms with E-state index in [0.29, 0.717) is 11.5 Å². The van der Waals surface area contributed by atoms with Crippen LogP contribution in [0.4, 0.5) is 0 Å². The van der Waals surface area contributed by atoms with E-state index in [9.17, 15) is 0 Å². The minimum atomic E-state index is -0.205. The fraction of sp³-hybridized carbons (Fsp3) is 0.267. The number of pyridine rings is 1. The number of hydrogen-bond acceptors (Lipinski definition) is 5. The maximum Gasteiger partial charge on any atom is 0.141 e. The van der Waals surface area contributed by atoms with Crippen LogP contribution in [0.2, 0.25) is 0 Å². The van der Waals surface area contributed by atoms with E-state index in [-0.39, 0.29) is 6.04 Å². The molecule has 0 saturated heterocycles. The van der Waals surface area contributed by atoms with Gasteiger partial charge in [-0.15, -0.1) is 0 Å². The second kappa shape index (κ2) is 6.89. The summed E-state index contributed by atoms with van der Waals surface area (Å²) >= 11 is 3.51. The van der Waals surface area contributed by atoms with Gasteiger partial charge in [0.25, 0.3) is 0 Å². The Morgan fingerprint density at radius 3 is 2.57 bits per heavy atom. The first-order valence-corrected chi connectivity index (χ1v) is 7.20. The smallest absolute Gasteiger partial charge is 0.141 e. The highest BCUT2D eigenvalue weighted by atomic mass is 79.9. The SMILES string of the molecule is COc1ccc(C(NN)c2ccnc(C)c2)c(OC)c1Br. The van der Waals surface area contributed by atoms with Crippen molar-refractivity contribution in [2.45, 2.75) is 13.0 Å². The molecule has 0 aliphatic carbocycles. The van der Waals surface area contributed by atoms with Crippen molar-refractivity contribution >= 4 is 15.9 Å². The lowest BCUT2D eigenvalue weighted by atomic mass is 9.98. The number of hydrazine groups is 1. The molecule has 21 heavy (non-hydrogen) atoms. The van der Waals surface area contributed by atoms with Crippen molar-refractivity contribution in [3.05, 3.63) is 51.8 Å².